The summed E-state index contributed by atoms with van der Waals surface area (Å²) >= 11 is 6.18. The van der Waals surface area contributed by atoms with Crippen molar-refractivity contribution in [1.82, 2.24) is 5.32 Å². The van der Waals surface area contributed by atoms with Crippen LogP contribution in [-0.2, 0) is 0 Å². The van der Waals surface area contributed by atoms with Crippen molar-refractivity contribution < 1.29 is 4.39 Å². The van der Waals surface area contributed by atoms with Gasteiger partial charge in [0.05, 0.1) is 6.04 Å². The molecule has 0 bridgehead atoms. The summed E-state index contributed by atoms with van der Waals surface area (Å²) in [5, 5.41) is 4.13. The molecule has 1 atom stereocenters. The summed E-state index contributed by atoms with van der Waals surface area (Å²) in [6, 6.07) is 9.07. The molecule has 0 saturated heterocycles. The fraction of sp³-hybridized carbons (Fsp3) is 0.333. The molecule has 1 unspecified atom stereocenters. The van der Waals surface area contributed by atoms with Gasteiger partial charge in [-0.15, -0.1) is 0 Å². The van der Waals surface area contributed by atoms with Crippen molar-refractivity contribution in [3.8, 4) is 0 Å². The van der Waals surface area contributed by atoms with Gasteiger partial charge in [0.25, 0.3) is 0 Å². The first-order chi connectivity index (χ1) is 9.93. The van der Waals surface area contributed by atoms with Gasteiger partial charge in [-0.25, -0.2) is 4.39 Å². The third-order valence-electron chi connectivity index (χ3n) is 3.73. The second kappa shape index (κ2) is 6.59. The van der Waals surface area contributed by atoms with Crippen molar-refractivity contribution in [2.75, 3.05) is 6.54 Å². The summed E-state index contributed by atoms with van der Waals surface area (Å²) in [4.78, 5) is 0. The monoisotopic (exact) mass is 305 g/mol. The van der Waals surface area contributed by atoms with Crippen LogP contribution in [0.25, 0.3) is 0 Å². The lowest BCUT2D eigenvalue weighted by molar-refractivity contribution is 0.557. The molecular formula is C18H21ClFN. The minimum absolute atomic E-state index is 0.161. The molecule has 2 aromatic carbocycles. The van der Waals surface area contributed by atoms with Crippen LogP contribution in [0.2, 0.25) is 5.02 Å². The van der Waals surface area contributed by atoms with Gasteiger partial charge in [-0.1, -0.05) is 42.3 Å². The van der Waals surface area contributed by atoms with Crippen molar-refractivity contribution in [3.63, 3.8) is 0 Å². The molecule has 0 heterocycles. The highest BCUT2D eigenvalue weighted by Gasteiger charge is 2.19. The van der Waals surface area contributed by atoms with Gasteiger partial charge in [0.1, 0.15) is 5.82 Å². The van der Waals surface area contributed by atoms with E-state index in [-0.39, 0.29) is 11.9 Å². The topological polar surface area (TPSA) is 12.0 Å². The van der Waals surface area contributed by atoms with Gasteiger partial charge < -0.3 is 5.32 Å². The molecule has 0 aliphatic heterocycles. The van der Waals surface area contributed by atoms with E-state index in [0.717, 1.165) is 33.8 Å². The highest BCUT2D eigenvalue weighted by molar-refractivity contribution is 6.31. The summed E-state index contributed by atoms with van der Waals surface area (Å²) in [6.07, 6.45) is 0. The fourth-order valence-corrected chi connectivity index (χ4v) is 2.81. The number of aryl methyl sites for hydroxylation is 3. The zero-order chi connectivity index (χ0) is 15.6. The Morgan fingerprint density at radius 3 is 2.43 bits per heavy atom. The lowest BCUT2D eigenvalue weighted by Crippen LogP contribution is -2.24. The summed E-state index contributed by atoms with van der Waals surface area (Å²) in [5.41, 5.74) is 4.88. The van der Waals surface area contributed by atoms with Crippen LogP contribution in [0.3, 0.4) is 0 Å². The number of hydrogen-bond donors (Lipinski definition) is 1. The predicted octanol–water partition coefficient (Wildman–Crippen LogP) is 5.10. The molecule has 3 heteroatoms. The minimum atomic E-state index is -0.182. The normalized spacial score (nSPS) is 12.5. The van der Waals surface area contributed by atoms with Crippen LogP contribution >= 0.6 is 11.6 Å². The Bertz CT molecular complexity index is 652. The number of nitrogens with one attached hydrogen (secondary N) is 1. The second-order valence-electron chi connectivity index (χ2n) is 5.47. The molecule has 1 nitrogen and oxygen atoms in total. The molecule has 0 aliphatic carbocycles. The SMILES string of the molecule is CCNC(c1cc(C)c(Cl)cc1C)c1cc(C)ccc1F. The van der Waals surface area contributed by atoms with Gasteiger partial charge in [-0.05, 0) is 56.1 Å². The van der Waals surface area contributed by atoms with Crippen LogP contribution in [0.15, 0.2) is 30.3 Å². The summed E-state index contributed by atoms with van der Waals surface area (Å²) in [6.45, 7) is 8.75. The third kappa shape index (κ3) is 3.45. The molecule has 0 saturated carbocycles. The van der Waals surface area contributed by atoms with E-state index in [0.29, 0.717) is 5.56 Å². The van der Waals surface area contributed by atoms with Gasteiger partial charge in [-0.3, -0.25) is 0 Å². The maximum absolute atomic E-state index is 14.3. The Morgan fingerprint density at radius 1 is 1.05 bits per heavy atom. The molecule has 112 valence electrons. The highest BCUT2D eigenvalue weighted by atomic mass is 35.5. The van der Waals surface area contributed by atoms with Crippen molar-refractivity contribution in [2.24, 2.45) is 0 Å². The minimum Gasteiger partial charge on any atom is -0.306 e. The van der Waals surface area contributed by atoms with E-state index in [4.69, 9.17) is 11.6 Å². The van der Waals surface area contributed by atoms with E-state index in [1.165, 1.54) is 6.07 Å². The number of hydrogen-bond acceptors (Lipinski definition) is 1. The van der Waals surface area contributed by atoms with Crippen LogP contribution < -0.4 is 5.32 Å². The first-order valence-electron chi connectivity index (χ1n) is 7.20. The number of halogens is 2. The molecule has 1 N–H and O–H groups in total. The van der Waals surface area contributed by atoms with E-state index < -0.39 is 0 Å². The van der Waals surface area contributed by atoms with Crippen LogP contribution in [0.4, 0.5) is 4.39 Å². The fourth-order valence-electron chi connectivity index (χ4n) is 2.59. The molecule has 0 aliphatic rings. The van der Waals surface area contributed by atoms with Crippen molar-refractivity contribution in [1.29, 1.82) is 0 Å². The van der Waals surface area contributed by atoms with E-state index in [2.05, 4.69) is 5.32 Å². The van der Waals surface area contributed by atoms with Gasteiger partial charge in [0.2, 0.25) is 0 Å². The Labute approximate surface area is 131 Å². The Hall–Kier alpha value is -1.38. The highest BCUT2D eigenvalue weighted by Crippen LogP contribution is 2.31. The molecule has 2 aromatic rings. The second-order valence-corrected chi connectivity index (χ2v) is 5.88. The smallest absolute Gasteiger partial charge is 0.128 e. The van der Waals surface area contributed by atoms with Crippen LogP contribution in [-0.4, -0.2) is 6.54 Å². The molecule has 0 aromatic heterocycles. The van der Waals surface area contributed by atoms with Gasteiger partial charge in [0.15, 0.2) is 0 Å². The zero-order valence-corrected chi connectivity index (χ0v) is 13.7. The van der Waals surface area contributed by atoms with Gasteiger partial charge >= 0.3 is 0 Å². The van der Waals surface area contributed by atoms with Gasteiger partial charge in [0, 0.05) is 10.6 Å². The lowest BCUT2D eigenvalue weighted by Gasteiger charge is -2.23. The molecule has 0 radical (unpaired) electrons. The average Bonchev–Trinajstić information content (AvgIpc) is 2.43. The quantitative estimate of drug-likeness (QED) is 0.828. The summed E-state index contributed by atoms with van der Waals surface area (Å²) in [7, 11) is 0. The maximum Gasteiger partial charge on any atom is 0.128 e. The molecule has 21 heavy (non-hydrogen) atoms. The van der Waals surface area contributed by atoms with Crippen molar-refractivity contribution in [3.05, 3.63) is 69.0 Å². The molecule has 0 amide bonds. The van der Waals surface area contributed by atoms with Gasteiger partial charge in [-0.2, -0.15) is 0 Å². The lowest BCUT2D eigenvalue weighted by atomic mass is 9.92. The summed E-state index contributed by atoms with van der Waals surface area (Å²) < 4.78 is 14.3. The van der Waals surface area contributed by atoms with Crippen LogP contribution in [0.5, 0.6) is 0 Å². The number of rotatable bonds is 4. The Kier molecular flexibility index (Phi) is 5.02. The van der Waals surface area contributed by atoms with Crippen molar-refractivity contribution in [2.45, 2.75) is 33.7 Å². The zero-order valence-electron chi connectivity index (χ0n) is 12.9. The van der Waals surface area contributed by atoms with Crippen LogP contribution in [0.1, 0.15) is 40.8 Å². The van der Waals surface area contributed by atoms with E-state index in [1.54, 1.807) is 6.07 Å². The Balaban J connectivity index is 2.58. The Morgan fingerprint density at radius 2 is 1.76 bits per heavy atom. The molecule has 0 fully saturated rings. The standard InChI is InChI=1S/C18H21ClFN/c1-5-21-18(15-8-11(2)6-7-17(15)20)14-9-13(4)16(19)10-12(14)3/h6-10,18,21H,5H2,1-4H3. The molecular weight excluding hydrogens is 285 g/mol. The third-order valence-corrected chi connectivity index (χ3v) is 4.14. The average molecular weight is 306 g/mol. The van der Waals surface area contributed by atoms with Crippen molar-refractivity contribution >= 4 is 11.6 Å². The first kappa shape index (κ1) is 16.0. The maximum atomic E-state index is 14.3. The van der Waals surface area contributed by atoms with Crippen LogP contribution in [0, 0.1) is 26.6 Å². The first-order valence-corrected chi connectivity index (χ1v) is 7.58. The van der Waals surface area contributed by atoms with E-state index >= 15 is 0 Å². The molecule has 0 spiro atoms. The number of benzene rings is 2. The largest absolute Gasteiger partial charge is 0.306 e. The predicted molar refractivity (Wildman–Crippen MR) is 87.6 cm³/mol. The van der Waals surface area contributed by atoms with E-state index in [1.807, 2.05) is 45.9 Å². The molecule has 2 rings (SSSR count). The van der Waals surface area contributed by atoms with E-state index in [9.17, 15) is 4.39 Å². The summed E-state index contributed by atoms with van der Waals surface area (Å²) in [5.74, 6) is -0.182.